The summed E-state index contributed by atoms with van der Waals surface area (Å²) in [6, 6.07) is 8.18. The van der Waals surface area contributed by atoms with E-state index in [9.17, 15) is 4.79 Å². The molecule has 0 aliphatic heterocycles. The SMILES string of the molecule is CC(CCN(C)Cc1ccc(Br)cc1)C(=O)O. The molecule has 0 amide bonds. The largest absolute Gasteiger partial charge is 0.481 e. The van der Waals surface area contributed by atoms with E-state index in [0.717, 1.165) is 17.6 Å². The molecule has 0 aromatic heterocycles. The van der Waals surface area contributed by atoms with Crippen molar-refractivity contribution in [2.24, 2.45) is 5.92 Å². The lowest BCUT2D eigenvalue weighted by atomic mass is 10.1. The highest BCUT2D eigenvalue weighted by atomic mass is 79.9. The third kappa shape index (κ3) is 5.33. The van der Waals surface area contributed by atoms with Gasteiger partial charge in [0.05, 0.1) is 5.92 Å². The lowest BCUT2D eigenvalue weighted by molar-refractivity contribution is -0.141. The molecule has 17 heavy (non-hydrogen) atoms. The Labute approximate surface area is 111 Å². The van der Waals surface area contributed by atoms with E-state index in [2.05, 4.69) is 33.0 Å². The molecule has 0 aliphatic carbocycles. The smallest absolute Gasteiger partial charge is 0.306 e. The Hall–Kier alpha value is -0.870. The number of hydrogen-bond acceptors (Lipinski definition) is 2. The summed E-state index contributed by atoms with van der Waals surface area (Å²) < 4.78 is 1.07. The lowest BCUT2D eigenvalue weighted by Gasteiger charge is -2.17. The molecule has 1 N–H and O–H groups in total. The van der Waals surface area contributed by atoms with E-state index in [1.807, 2.05) is 19.2 Å². The summed E-state index contributed by atoms with van der Waals surface area (Å²) in [5, 5.41) is 8.79. The summed E-state index contributed by atoms with van der Waals surface area (Å²) >= 11 is 3.40. The van der Waals surface area contributed by atoms with Gasteiger partial charge in [-0.3, -0.25) is 4.79 Å². The molecule has 0 heterocycles. The highest BCUT2D eigenvalue weighted by Crippen LogP contribution is 2.12. The number of benzene rings is 1. The number of halogens is 1. The Balaban J connectivity index is 2.36. The molecule has 1 rings (SSSR count). The molecule has 0 aliphatic rings. The average molecular weight is 300 g/mol. The first kappa shape index (κ1) is 14.2. The molecule has 3 nitrogen and oxygen atoms in total. The van der Waals surface area contributed by atoms with Gasteiger partial charge in [0, 0.05) is 11.0 Å². The Bertz CT molecular complexity index is 364. The van der Waals surface area contributed by atoms with Crippen LogP contribution in [0.25, 0.3) is 0 Å². The number of carboxylic acid groups (broad SMARTS) is 1. The molecule has 1 aromatic rings. The van der Waals surface area contributed by atoms with Gasteiger partial charge >= 0.3 is 5.97 Å². The van der Waals surface area contributed by atoms with Crippen molar-refractivity contribution in [1.82, 2.24) is 4.90 Å². The number of hydrogen-bond donors (Lipinski definition) is 1. The molecule has 0 saturated heterocycles. The van der Waals surface area contributed by atoms with Crippen molar-refractivity contribution in [2.75, 3.05) is 13.6 Å². The molecular formula is C13H18BrNO2. The van der Waals surface area contributed by atoms with Crippen LogP contribution < -0.4 is 0 Å². The maximum absolute atomic E-state index is 10.7. The highest BCUT2D eigenvalue weighted by Gasteiger charge is 2.11. The third-order valence-corrected chi connectivity index (χ3v) is 3.26. The Morgan fingerprint density at radius 3 is 2.53 bits per heavy atom. The maximum atomic E-state index is 10.7. The quantitative estimate of drug-likeness (QED) is 0.878. The zero-order valence-corrected chi connectivity index (χ0v) is 11.8. The van der Waals surface area contributed by atoms with Gasteiger partial charge in [-0.05, 0) is 37.7 Å². The molecule has 0 fully saturated rings. The summed E-state index contributed by atoms with van der Waals surface area (Å²) in [5.41, 5.74) is 1.23. The first-order valence-electron chi connectivity index (χ1n) is 5.65. The fraction of sp³-hybridized carbons (Fsp3) is 0.462. The van der Waals surface area contributed by atoms with Gasteiger partial charge in [-0.25, -0.2) is 0 Å². The van der Waals surface area contributed by atoms with E-state index in [4.69, 9.17) is 5.11 Å². The molecule has 0 spiro atoms. The summed E-state index contributed by atoms with van der Waals surface area (Å²) in [6.45, 7) is 3.39. The second-order valence-corrected chi connectivity index (χ2v) is 5.31. The molecule has 0 saturated carbocycles. The first-order chi connectivity index (χ1) is 7.99. The van der Waals surface area contributed by atoms with E-state index in [1.54, 1.807) is 6.92 Å². The fourth-order valence-corrected chi connectivity index (χ4v) is 1.78. The molecular weight excluding hydrogens is 282 g/mol. The van der Waals surface area contributed by atoms with Crippen LogP contribution in [0, 0.1) is 5.92 Å². The van der Waals surface area contributed by atoms with E-state index < -0.39 is 5.97 Å². The van der Waals surface area contributed by atoms with Crippen molar-refractivity contribution >= 4 is 21.9 Å². The van der Waals surface area contributed by atoms with Crippen LogP contribution in [0.3, 0.4) is 0 Å². The minimum absolute atomic E-state index is 0.276. The van der Waals surface area contributed by atoms with E-state index in [0.29, 0.717) is 6.42 Å². The van der Waals surface area contributed by atoms with Crippen molar-refractivity contribution in [2.45, 2.75) is 19.9 Å². The summed E-state index contributed by atoms with van der Waals surface area (Å²) in [4.78, 5) is 12.8. The highest BCUT2D eigenvalue weighted by molar-refractivity contribution is 9.10. The molecule has 4 heteroatoms. The van der Waals surface area contributed by atoms with Crippen LogP contribution in [-0.2, 0) is 11.3 Å². The second kappa shape index (κ2) is 6.77. The minimum atomic E-state index is -0.720. The molecule has 1 atom stereocenters. The van der Waals surface area contributed by atoms with Gasteiger partial charge in [-0.1, -0.05) is 35.0 Å². The van der Waals surface area contributed by atoms with Gasteiger partial charge < -0.3 is 10.0 Å². The Morgan fingerprint density at radius 1 is 1.41 bits per heavy atom. The minimum Gasteiger partial charge on any atom is -0.481 e. The molecule has 94 valence electrons. The zero-order chi connectivity index (χ0) is 12.8. The van der Waals surface area contributed by atoms with Crippen molar-refractivity contribution in [1.29, 1.82) is 0 Å². The second-order valence-electron chi connectivity index (χ2n) is 4.39. The van der Waals surface area contributed by atoms with Crippen LogP contribution in [0.1, 0.15) is 18.9 Å². The van der Waals surface area contributed by atoms with Crippen LogP contribution in [0.4, 0.5) is 0 Å². The van der Waals surface area contributed by atoms with Crippen LogP contribution >= 0.6 is 15.9 Å². The van der Waals surface area contributed by atoms with Gasteiger partial charge in [0.2, 0.25) is 0 Å². The van der Waals surface area contributed by atoms with Gasteiger partial charge in [-0.2, -0.15) is 0 Å². The Kier molecular flexibility index (Phi) is 5.65. The molecule has 0 bridgehead atoms. The normalized spacial score (nSPS) is 12.7. The van der Waals surface area contributed by atoms with E-state index >= 15 is 0 Å². The predicted octanol–water partition coefficient (Wildman–Crippen LogP) is 2.99. The van der Waals surface area contributed by atoms with Crippen molar-refractivity contribution in [3.63, 3.8) is 0 Å². The standard InChI is InChI=1S/C13H18BrNO2/c1-10(13(16)17)7-8-15(2)9-11-3-5-12(14)6-4-11/h3-6,10H,7-9H2,1-2H3,(H,16,17). The van der Waals surface area contributed by atoms with Gasteiger partial charge in [0.1, 0.15) is 0 Å². The number of aliphatic carboxylic acids is 1. The lowest BCUT2D eigenvalue weighted by Crippen LogP contribution is -2.23. The van der Waals surface area contributed by atoms with Crippen molar-refractivity contribution < 1.29 is 9.90 Å². The van der Waals surface area contributed by atoms with Gasteiger partial charge in [0.25, 0.3) is 0 Å². The molecule has 0 radical (unpaired) electrons. The van der Waals surface area contributed by atoms with Gasteiger partial charge in [0.15, 0.2) is 0 Å². The van der Waals surface area contributed by atoms with Crippen LogP contribution in [0.2, 0.25) is 0 Å². The van der Waals surface area contributed by atoms with Crippen LogP contribution in [0.5, 0.6) is 0 Å². The maximum Gasteiger partial charge on any atom is 0.306 e. The number of carbonyl (C=O) groups is 1. The monoisotopic (exact) mass is 299 g/mol. The number of rotatable bonds is 6. The Morgan fingerprint density at radius 2 is 2.00 bits per heavy atom. The molecule has 1 aromatic carbocycles. The predicted molar refractivity (Wildman–Crippen MR) is 71.9 cm³/mol. The van der Waals surface area contributed by atoms with Crippen molar-refractivity contribution in [3.05, 3.63) is 34.3 Å². The van der Waals surface area contributed by atoms with Gasteiger partial charge in [-0.15, -0.1) is 0 Å². The van der Waals surface area contributed by atoms with Crippen molar-refractivity contribution in [3.8, 4) is 0 Å². The zero-order valence-electron chi connectivity index (χ0n) is 10.2. The fourth-order valence-electron chi connectivity index (χ4n) is 1.52. The topological polar surface area (TPSA) is 40.5 Å². The number of carboxylic acids is 1. The number of nitrogens with zero attached hydrogens (tertiary/aromatic N) is 1. The van der Waals surface area contributed by atoms with E-state index in [-0.39, 0.29) is 5.92 Å². The average Bonchev–Trinajstić information content (AvgIpc) is 2.29. The van der Waals surface area contributed by atoms with Crippen LogP contribution in [0.15, 0.2) is 28.7 Å². The van der Waals surface area contributed by atoms with Crippen LogP contribution in [-0.4, -0.2) is 29.6 Å². The van der Waals surface area contributed by atoms with E-state index in [1.165, 1.54) is 5.56 Å². The molecule has 1 unspecified atom stereocenters. The summed E-state index contributed by atoms with van der Waals surface area (Å²) in [7, 11) is 2.01. The summed E-state index contributed by atoms with van der Waals surface area (Å²) in [6.07, 6.45) is 0.683. The summed E-state index contributed by atoms with van der Waals surface area (Å²) in [5.74, 6) is -0.996. The third-order valence-electron chi connectivity index (χ3n) is 2.73. The first-order valence-corrected chi connectivity index (χ1v) is 6.44.